The van der Waals surface area contributed by atoms with Crippen LogP contribution in [0.5, 0.6) is 0 Å². The number of aryl methyl sites for hydroxylation is 1. The zero-order valence-corrected chi connectivity index (χ0v) is 8.99. The number of hydrogen-bond acceptors (Lipinski definition) is 5. The third kappa shape index (κ3) is 3.67. The van der Waals surface area contributed by atoms with Crippen molar-refractivity contribution in [3.8, 4) is 0 Å². The topological polar surface area (TPSA) is 94.0 Å². The molecular formula is C9H16N4O2. The molecule has 1 aromatic heterocycles. The average Bonchev–Trinajstić information content (AvgIpc) is 2.60. The predicted molar refractivity (Wildman–Crippen MR) is 55.1 cm³/mol. The van der Waals surface area contributed by atoms with Gasteiger partial charge in [0.1, 0.15) is 0 Å². The molecule has 1 atom stereocenters. The number of rotatable bonds is 5. The molecule has 84 valence electrons. The second-order valence-corrected chi connectivity index (χ2v) is 3.47. The number of carbonyl (C=O) groups excluding carboxylic acids is 1. The minimum absolute atomic E-state index is 0.0965. The van der Waals surface area contributed by atoms with Crippen LogP contribution in [0.4, 0.5) is 6.01 Å². The van der Waals surface area contributed by atoms with Gasteiger partial charge >= 0.3 is 6.01 Å². The van der Waals surface area contributed by atoms with Crippen LogP contribution in [-0.2, 0) is 4.79 Å². The molecule has 6 nitrogen and oxygen atoms in total. The fourth-order valence-corrected chi connectivity index (χ4v) is 1.13. The Hall–Kier alpha value is -1.43. The van der Waals surface area contributed by atoms with Crippen molar-refractivity contribution < 1.29 is 9.32 Å². The SMILES string of the molecule is Cc1noc(NC(=O)C(C)CCCN)n1. The summed E-state index contributed by atoms with van der Waals surface area (Å²) in [4.78, 5) is 15.4. The molecule has 0 aliphatic carbocycles. The van der Waals surface area contributed by atoms with Gasteiger partial charge in [-0.15, -0.1) is 0 Å². The summed E-state index contributed by atoms with van der Waals surface area (Å²) in [5.74, 6) is 0.285. The molecule has 0 fully saturated rings. The Labute approximate surface area is 88.2 Å². The summed E-state index contributed by atoms with van der Waals surface area (Å²) in [6, 6.07) is 0.150. The third-order valence-electron chi connectivity index (χ3n) is 2.05. The second-order valence-electron chi connectivity index (χ2n) is 3.47. The standard InChI is InChI=1S/C9H16N4O2/c1-6(4-3-5-10)8(14)12-9-11-7(2)13-15-9/h6H,3-5,10H2,1-2H3,(H,11,12,13,14). The van der Waals surface area contributed by atoms with Crippen LogP contribution >= 0.6 is 0 Å². The van der Waals surface area contributed by atoms with Gasteiger partial charge in [0.25, 0.3) is 0 Å². The molecule has 0 aliphatic rings. The van der Waals surface area contributed by atoms with Gasteiger partial charge in [-0.1, -0.05) is 12.1 Å². The molecule has 1 amide bonds. The monoisotopic (exact) mass is 212 g/mol. The largest absolute Gasteiger partial charge is 0.330 e. The summed E-state index contributed by atoms with van der Waals surface area (Å²) < 4.78 is 4.77. The number of amides is 1. The molecule has 1 rings (SSSR count). The molecule has 1 unspecified atom stereocenters. The fraction of sp³-hybridized carbons (Fsp3) is 0.667. The van der Waals surface area contributed by atoms with Gasteiger partial charge in [-0.2, -0.15) is 4.98 Å². The first-order valence-electron chi connectivity index (χ1n) is 4.94. The second kappa shape index (κ2) is 5.45. The van der Waals surface area contributed by atoms with Crippen molar-refractivity contribution in [1.82, 2.24) is 10.1 Å². The Morgan fingerprint density at radius 2 is 2.40 bits per heavy atom. The van der Waals surface area contributed by atoms with Gasteiger partial charge in [-0.3, -0.25) is 10.1 Å². The van der Waals surface area contributed by atoms with Gasteiger partial charge in [0.05, 0.1) is 0 Å². The van der Waals surface area contributed by atoms with Crippen LogP contribution in [0.2, 0.25) is 0 Å². The van der Waals surface area contributed by atoms with Gasteiger partial charge in [-0.05, 0) is 26.3 Å². The van der Waals surface area contributed by atoms with Crippen LogP contribution in [0.3, 0.4) is 0 Å². The van der Waals surface area contributed by atoms with Crippen LogP contribution in [0, 0.1) is 12.8 Å². The Bertz CT molecular complexity index is 324. The molecule has 0 saturated heterocycles. The summed E-state index contributed by atoms with van der Waals surface area (Å²) >= 11 is 0. The van der Waals surface area contributed by atoms with E-state index >= 15 is 0 Å². The summed E-state index contributed by atoms with van der Waals surface area (Å²) in [6.45, 7) is 4.13. The van der Waals surface area contributed by atoms with Crippen LogP contribution in [0.15, 0.2) is 4.52 Å². The first-order valence-corrected chi connectivity index (χ1v) is 4.94. The molecule has 3 N–H and O–H groups in total. The van der Waals surface area contributed by atoms with Crippen molar-refractivity contribution in [2.75, 3.05) is 11.9 Å². The number of nitrogens with zero attached hydrogens (tertiary/aromatic N) is 2. The van der Waals surface area contributed by atoms with Crippen molar-refractivity contribution in [3.63, 3.8) is 0 Å². The van der Waals surface area contributed by atoms with Gasteiger partial charge in [0.15, 0.2) is 5.82 Å². The summed E-state index contributed by atoms with van der Waals surface area (Å²) in [5.41, 5.74) is 5.36. The Morgan fingerprint density at radius 1 is 1.67 bits per heavy atom. The van der Waals surface area contributed by atoms with Crippen molar-refractivity contribution in [3.05, 3.63) is 5.82 Å². The van der Waals surface area contributed by atoms with Gasteiger partial charge < -0.3 is 10.3 Å². The van der Waals surface area contributed by atoms with E-state index in [2.05, 4.69) is 15.5 Å². The summed E-state index contributed by atoms with van der Waals surface area (Å²) in [7, 11) is 0. The maximum absolute atomic E-state index is 11.5. The minimum Gasteiger partial charge on any atom is -0.330 e. The van der Waals surface area contributed by atoms with Gasteiger partial charge in [-0.25, -0.2) is 0 Å². The van der Waals surface area contributed by atoms with Crippen molar-refractivity contribution in [1.29, 1.82) is 0 Å². The lowest BCUT2D eigenvalue weighted by Crippen LogP contribution is -2.21. The first-order chi connectivity index (χ1) is 7.13. The van der Waals surface area contributed by atoms with E-state index in [0.717, 1.165) is 12.8 Å². The lowest BCUT2D eigenvalue weighted by Gasteiger charge is -2.08. The van der Waals surface area contributed by atoms with E-state index in [0.29, 0.717) is 12.4 Å². The molecule has 0 radical (unpaired) electrons. The van der Waals surface area contributed by atoms with E-state index in [-0.39, 0.29) is 17.8 Å². The zero-order valence-electron chi connectivity index (χ0n) is 8.99. The van der Waals surface area contributed by atoms with E-state index in [1.807, 2.05) is 6.92 Å². The molecule has 0 aromatic carbocycles. The average molecular weight is 212 g/mol. The Kier molecular flexibility index (Phi) is 4.23. The molecule has 0 spiro atoms. The summed E-state index contributed by atoms with van der Waals surface area (Å²) in [5, 5.41) is 6.12. The van der Waals surface area contributed by atoms with E-state index in [1.54, 1.807) is 6.92 Å². The van der Waals surface area contributed by atoms with E-state index < -0.39 is 0 Å². The quantitative estimate of drug-likeness (QED) is 0.748. The van der Waals surface area contributed by atoms with Gasteiger partial charge in [0, 0.05) is 5.92 Å². The molecule has 0 aliphatic heterocycles. The van der Waals surface area contributed by atoms with Crippen molar-refractivity contribution in [2.24, 2.45) is 11.7 Å². The van der Waals surface area contributed by atoms with E-state index in [9.17, 15) is 4.79 Å². The fourth-order valence-electron chi connectivity index (χ4n) is 1.13. The van der Waals surface area contributed by atoms with Crippen molar-refractivity contribution >= 4 is 11.9 Å². The highest BCUT2D eigenvalue weighted by Gasteiger charge is 2.14. The number of nitrogens with one attached hydrogen (secondary N) is 1. The smallest absolute Gasteiger partial charge is 0.328 e. The summed E-state index contributed by atoms with van der Waals surface area (Å²) in [6.07, 6.45) is 1.59. The van der Waals surface area contributed by atoms with E-state index in [4.69, 9.17) is 10.3 Å². The van der Waals surface area contributed by atoms with Crippen LogP contribution in [0.25, 0.3) is 0 Å². The van der Waals surface area contributed by atoms with Crippen LogP contribution in [0.1, 0.15) is 25.6 Å². The number of anilines is 1. The maximum Gasteiger partial charge on any atom is 0.328 e. The maximum atomic E-state index is 11.5. The predicted octanol–water partition coefficient (Wildman–Crippen LogP) is 0.692. The van der Waals surface area contributed by atoms with Gasteiger partial charge in [0.2, 0.25) is 5.91 Å². The molecule has 15 heavy (non-hydrogen) atoms. The minimum atomic E-state index is -0.118. The molecule has 0 bridgehead atoms. The van der Waals surface area contributed by atoms with Crippen LogP contribution in [-0.4, -0.2) is 22.6 Å². The highest BCUT2D eigenvalue weighted by molar-refractivity contribution is 5.90. The van der Waals surface area contributed by atoms with Crippen molar-refractivity contribution in [2.45, 2.75) is 26.7 Å². The van der Waals surface area contributed by atoms with E-state index in [1.165, 1.54) is 0 Å². The van der Waals surface area contributed by atoms with Crippen LogP contribution < -0.4 is 11.1 Å². The Morgan fingerprint density at radius 3 is 2.93 bits per heavy atom. The lowest BCUT2D eigenvalue weighted by molar-refractivity contribution is -0.119. The lowest BCUT2D eigenvalue weighted by atomic mass is 10.1. The Balaban J connectivity index is 2.41. The number of hydrogen-bond donors (Lipinski definition) is 2. The number of nitrogens with two attached hydrogens (primary N) is 1. The molecule has 6 heteroatoms. The molecule has 1 heterocycles. The number of carbonyl (C=O) groups is 1. The molecule has 0 saturated carbocycles. The molecular weight excluding hydrogens is 196 g/mol. The normalized spacial score (nSPS) is 12.5. The number of aromatic nitrogens is 2. The highest BCUT2D eigenvalue weighted by atomic mass is 16.5. The third-order valence-corrected chi connectivity index (χ3v) is 2.05. The first kappa shape index (κ1) is 11.6. The molecule has 1 aromatic rings. The zero-order chi connectivity index (χ0) is 11.3. The highest BCUT2D eigenvalue weighted by Crippen LogP contribution is 2.09.